The molecule has 104 valence electrons. The zero-order chi connectivity index (χ0) is 14.5. The molecule has 0 spiro atoms. The van der Waals surface area contributed by atoms with Crippen LogP contribution in [0.3, 0.4) is 0 Å². The van der Waals surface area contributed by atoms with Crippen molar-refractivity contribution in [3.05, 3.63) is 48.2 Å². The van der Waals surface area contributed by atoms with Crippen LogP contribution in [-0.2, 0) is 11.2 Å². The summed E-state index contributed by atoms with van der Waals surface area (Å²) in [6, 6.07) is 12.7. The number of carboxylic acids is 1. The van der Waals surface area contributed by atoms with Gasteiger partial charge in [-0.25, -0.2) is 0 Å². The standard InChI is InChI=1S/C15H16N2O2S/c1-20-12-7-5-10(6-8-12)14-4-2-3-11(17-14)9-13(16)15(18)19/h2-8,13H,9,16H2,1H3,(H,18,19). The monoisotopic (exact) mass is 288 g/mol. The number of pyridine rings is 1. The molecule has 2 aromatic rings. The van der Waals surface area contributed by atoms with Crippen molar-refractivity contribution in [1.29, 1.82) is 0 Å². The van der Waals surface area contributed by atoms with E-state index in [2.05, 4.69) is 4.98 Å². The van der Waals surface area contributed by atoms with Crippen LogP contribution in [0.25, 0.3) is 11.3 Å². The lowest BCUT2D eigenvalue weighted by Crippen LogP contribution is -2.32. The maximum atomic E-state index is 10.8. The Kier molecular flexibility index (Phi) is 4.76. The minimum Gasteiger partial charge on any atom is -0.480 e. The third-order valence-electron chi connectivity index (χ3n) is 2.94. The molecule has 0 saturated carbocycles. The molecule has 0 amide bonds. The third kappa shape index (κ3) is 3.59. The minimum absolute atomic E-state index is 0.228. The highest BCUT2D eigenvalue weighted by atomic mass is 32.2. The van der Waals surface area contributed by atoms with E-state index in [1.165, 1.54) is 4.90 Å². The average Bonchev–Trinajstić information content (AvgIpc) is 2.47. The zero-order valence-corrected chi connectivity index (χ0v) is 11.9. The minimum atomic E-state index is -1.01. The van der Waals surface area contributed by atoms with E-state index in [0.29, 0.717) is 5.69 Å². The second kappa shape index (κ2) is 6.54. The Hall–Kier alpha value is -1.85. The predicted octanol–water partition coefficient (Wildman–Crippen LogP) is 2.42. The van der Waals surface area contributed by atoms with Crippen LogP contribution in [-0.4, -0.2) is 28.4 Å². The second-order valence-electron chi connectivity index (χ2n) is 4.39. The lowest BCUT2D eigenvalue weighted by atomic mass is 10.1. The normalized spacial score (nSPS) is 12.1. The highest BCUT2D eigenvalue weighted by Crippen LogP contribution is 2.21. The van der Waals surface area contributed by atoms with E-state index in [0.717, 1.165) is 11.3 Å². The number of nitrogens with two attached hydrogens (primary N) is 1. The van der Waals surface area contributed by atoms with Crippen LogP contribution >= 0.6 is 11.8 Å². The summed E-state index contributed by atoms with van der Waals surface area (Å²) < 4.78 is 0. The van der Waals surface area contributed by atoms with Crippen molar-refractivity contribution >= 4 is 17.7 Å². The molecule has 1 unspecified atom stereocenters. The smallest absolute Gasteiger partial charge is 0.320 e. The summed E-state index contributed by atoms with van der Waals surface area (Å²) in [5.41, 5.74) is 8.05. The van der Waals surface area contributed by atoms with Gasteiger partial charge in [0.2, 0.25) is 0 Å². The highest BCUT2D eigenvalue weighted by molar-refractivity contribution is 7.98. The van der Waals surface area contributed by atoms with Gasteiger partial charge in [-0.3, -0.25) is 9.78 Å². The molecule has 20 heavy (non-hydrogen) atoms. The number of hydrogen-bond acceptors (Lipinski definition) is 4. The molecule has 0 aliphatic heterocycles. The van der Waals surface area contributed by atoms with E-state index >= 15 is 0 Å². The zero-order valence-electron chi connectivity index (χ0n) is 11.1. The summed E-state index contributed by atoms with van der Waals surface area (Å²) in [6.45, 7) is 0. The summed E-state index contributed by atoms with van der Waals surface area (Å²) in [4.78, 5) is 16.4. The number of rotatable bonds is 5. The molecular weight excluding hydrogens is 272 g/mol. The highest BCUT2D eigenvalue weighted by Gasteiger charge is 2.13. The van der Waals surface area contributed by atoms with Gasteiger partial charge in [0.1, 0.15) is 6.04 Å². The molecular formula is C15H16N2O2S. The van der Waals surface area contributed by atoms with Crippen LogP contribution in [0.2, 0.25) is 0 Å². The fourth-order valence-corrected chi connectivity index (χ4v) is 2.24. The first-order valence-corrected chi connectivity index (χ1v) is 7.41. The van der Waals surface area contributed by atoms with Crippen molar-refractivity contribution in [1.82, 2.24) is 4.98 Å². The van der Waals surface area contributed by atoms with E-state index < -0.39 is 12.0 Å². The molecule has 1 aromatic heterocycles. The van der Waals surface area contributed by atoms with Gasteiger partial charge in [-0.1, -0.05) is 18.2 Å². The average molecular weight is 288 g/mol. The SMILES string of the molecule is CSc1ccc(-c2cccc(CC(N)C(=O)O)n2)cc1. The van der Waals surface area contributed by atoms with Crippen LogP contribution in [0.15, 0.2) is 47.4 Å². The third-order valence-corrected chi connectivity index (χ3v) is 3.68. The van der Waals surface area contributed by atoms with Crippen LogP contribution in [0.1, 0.15) is 5.69 Å². The first-order chi connectivity index (χ1) is 9.60. The van der Waals surface area contributed by atoms with Gasteiger partial charge in [0.15, 0.2) is 0 Å². The molecule has 0 bridgehead atoms. The fraction of sp³-hybridized carbons (Fsp3) is 0.200. The first-order valence-electron chi connectivity index (χ1n) is 6.19. The van der Waals surface area contributed by atoms with Crippen molar-refractivity contribution in [3.63, 3.8) is 0 Å². The summed E-state index contributed by atoms with van der Waals surface area (Å²) in [6.07, 6.45) is 2.26. The Morgan fingerprint density at radius 3 is 2.60 bits per heavy atom. The molecule has 0 fully saturated rings. The summed E-state index contributed by atoms with van der Waals surface area (Å²) in [7, 11) is 0. The molecule has 2 rings (SSSR count). The van der Waals surface area contributed by atoms with Gasteiger partial charge in [0.25, 0.3) is 0 Å². The van der Waals surface area contributed by atoms with E-state index in [1.807, 2.05) is 42.7 Å². The second-order valence-corrected chi connectivity index (χ2v) is 5.27. The molecule has 0 saturated heterocycles. The number of nitrogens with zero attached hydrogens (tertiary/aromatic N) is 1. The summed E-state index contributed by atoms with van der Waals surface area (Å²) in [5, 5.41) is 8.83. The number of benzene rings is 1. The molecule has 5 heteroatoms. The van der Waals surface area contributed by atoms with Gasteiger partial charge < -0.3 is 10.8 Å². The number of aromatic nitrogens is 1. The predicted molar refractivity (Wildman–Crippen MR) is 80.8 cm³/mol. The van der Waals surface area contributed by atoms with Crippen LogP contribution in [0.5, 0.6) is 0 Å². The van der Waals surface area contributed by atoms with Gasteiger partial charge in [-0.2, -0.15) is 0 Å². The van der Waals surface area contributed by atoms with E-state index in [1.54, 1.807) is 17.8 Å². The molecule has 1 heterocycles. The first kappa shape index (κ1) is 14.6. The molecule has 1 atom stereocenters. The van der Waals surface area contributed by atoms with Crippen LogP contribution in [0.4, 0.5) is 0 Å². The molecule has 0 aliphatic rings. The van der Waals surface area contributed by atoms with E-state index in [-0.39, 0.29) is 6.42 Å². The van der Waals surface area contributed by atoms with Gasteiger partial charge in [-0.15, -0.1) is 11.8 Å². The number of hydrogen-bond donors (Lipinski definition) is 2. The molecule has 1 aromatic carbocycles. The summed E-state index contributed by atoms with van der Waals surface area (Å²) in [5.74, 6) is -1.01. The molecule has 4 nitrogen and oxygen atoms in total. The Morgan fingerprint density at radius 1 is 1.30 bits per heavy atom. The molecule has 3 N–H and O–H groups in total. The Balaban J connectivity index is 2.22. The maximum Gasteiger partial charge on any atom is 0.320 e. The van der Waals surface area contributed by atoms with Crippen molar-refractivity contribution < 1.29 is 9.90 Å². The van der Waals surface area contributed by atoms with E-state index in [9.17, 15) is 4.79 Å². The maximum absolute atomic E-state index is 10.8. The number of carbonyl (C=O) groups is 1. The van der Waals surface area contributed by atoms with Crippen molar-refractivity contribution in [2.75, 3.05) is 6.26 Å². The number of thioether (sulfide) groups is 1. The fourth-order valence-electron chi connectivity index (χ4n) is 1.83. The Morgan fingerprint density at radius 2 is 2.00 bits per heavy atom. The van der Waals surface area contributed by atoms with Crippen molar-refractivity contribution in [2.45, 2.75) is 17.4 Å². The number of aliphatic carboxylic acids is 1. The largest absolute Gasteiger partial charge is 0.480 e. The van der Waals surface area contributed by atoms with Crippen molar-refractivity contribution in [3.8, 4) is 11.3 Å². The van der Waals surface area contributed by atoms with Gasteiger partial charge in [0, 0.05) is 22.6 Å². The van der Waals surface area contributed by atoms with Gasteiger partial charge in [-0.05, 0) is 30.5 Å². The Labute approximate surface area is 122 Å². The quantitative estimate of drug-likeness (QED) is 0.826. The number of carboxylic acid groups (broad SMARTS) is 1. The topological polar surface area (TPSA) is 76.2 Å². The lowest BCUT2D eigenvalue weighted by molar-refractivity contribution is -0.138. The molecule has 0 aliphatic carbocycles. The summed E-state index contributed by atoms with van der Waals surface area (Å²) >= 11 is 1.69. The van der Waals surface area contributed by atoms with Crippen LogP contribution < -0.4 is 5.73 Å². The van der Waals surface area contributed by atoms with E-state index in [4.69, 9.17) is 10.8 Å². The van der Waals surface area contributed by atoms with Crippen molar-refractivity contribution in [2.24, 2.45) is 5.73 Å². The Bertz CT molecular complexity index is 599. The van der Waals surface area contributed by atoms with Gasteiger partial charge in [0.05, 0.1) is 5.69 Å². The van der Waals surface area contributed by atoms with Gasteiger partial charge >= 0.3 is 5.97 Å². The molecule has 0 radical (unpaired) electrons. The van der Waals surface area contributed by atoms with Crippen LogP contribution in [0, 0.1) is 0 Å². The lowest BCUT2D eigenvalue weighted by Gasteiger charge is -2.08.